The number of alkyl halides is 3. The Hall–Kier alpha value is -0.730. The maximum atomic E-state index is 12.3. The van der Waals surface area contributed by atoms with Gasteiger partial charge in [-0.25, -0.2) is 3.63 Å². The molecule has 0 amide bonds. The maximum Gasteiger partial charge on any atom is 0.523 e. The SMILES string of the molecule is Cc1ccc(CS(C)(C)OS(=O)(=O)C(F)(F)F)cc1. The quantitative estimate of drug-likeness (QED) is 0.800. The van der Waals surface area contributed by atoms with E-state index in [9.17, 15) is 21.6 Å². The highest BCUT2D eigenvalue weighted by atomic mass is 32.3. The third kappa shape index (κ3) is 4.70. The molecular formula is C11H15F3O3S2. The first kappa shape index (κ1) is 16.3. The van der Waals surface area contributed by atoms with Crippen molar-refractivity contribution in [2.24, 2.45) is 0 Å². The first-order valence-electron chi connectivity index (χ1n) is 5.22. The van der Waals surface area contributed by atoms with E-state index in [1.165, 1.54) is 12.5 Å². The Labute approximate surface area is 112 Å². The van der Waals surface area contributed by atoms with E-state index in [0.717, 1.165) is 11.1 Å². The number of rotatable bonds is 4. The summed E-state index contributed by atoms with van der Waals surface area (Å²) < 4.78 is 63.1. The molecule has 0 heterocycles. The summed E-state index contributed by atoms with van der Waals surface area (Å²) in [4.78, 5) is 0. The largest absolute Gasteiger partial charge is 0.523 e. The van der Waals surface area contributed by atoms with Gasteiger partial charge in [-0.15, -0.1) is 10.3 Å². The van der Waals surface area contributed by atoms with Crippen molar-refractivity contribution < 1.29 is 25.2 Å². The third-order valence-corrected chi connectivity index (χ3v) is 5.98. The van der Waals surface area contributed by atoms with E-state index in [2.05, 4.69) is 3.63 Å². The van der Waals surface area contributed by atoms with E-state index in [-0.39, 0.29) is 5.75 Å². The first-order valence-corrected chi connectivity index (χ1v) is 9.17. The lowest BCUT2D eigenvalue weighted by atomic mass is 10.2. The zero-order valence-electron chi connectivity index (χ0n) is 10.7. The molecule has 0 spiro atoms. The minimum Gasteiger partial charge on any atom is -0.213 e. The van der Waals surface area contributed by atoms with Crippen molar-refractivity contribution in [3.63, 3.8) is 0 Å². The fourth-order valence-electron chi connectivity index (χ4n) is 1.39. The van der Waals surface area contributed by atoms with E-state index in [1.54, 1.807) is 12.1 Å². The van der Waals surface area contributed by atoms with Crippen LogP contribution in [0.3, 0.4) is 0 Å². The van der Waals surface area contributed by atoms with Crippen LogP contribution >= 0.6 is 10.3 Å². The summed E-state index contributed by atoms with van der Waals surface area (Å²) in [6.45, 7) is 1.88. The van der Waals surface area contributed by atoms with Gasteiger partial charge in [0.2, 0.25) is 0 Å². The zero-order valence-corrected chi connectivity index (χ0v) is 12.3. The predicted octanol–water partition coefficient (Wildman–Crippen LogP) is 3.34. The molecule has 0 aliphatic carbocycles. The lowest BCUT2D eigenvalue weighted by Crippen LogP contribution is -2.27. The third-order valence-electron chi connectivity index (χ3n) is 2.19. The van der Waals surface area contributed by atoms with Crippen molar-refractivity contribution in [2.45, 2.75) is 18.2 Å². The second kappa shape index (κ2) is 5.34. The van der Waals surface area contributed by atoms with Crippen LogP contribution in [0.1, 0.15) is 11.1 Å². The fraction of sp³-hybridized carbons (Fsp3) is 0.455. The van der Waals surface area contributed by atoms with Gasteiger partial charge in [0.1, 0.15) is 0 Å². The van der Waals surface area contributed by atoms with Crippen molar-refractivity contribution in [2.75, 3.05) is 12.5 Å². The Morgan fingerprint density at radius 1 is 1.11 bits per heavy atom. The van der Waals surface area contributed by atoms with E-state index in [1.807, 2.05) is 19.1 Å². The molecule has 0 bridgehead atoms. The molecule has 1 aromatic carbocycles. The van der Waals surface area contributed by atoms with Gasteiger partial charge in [0.25, 0.3) is 0 Å². The lowest BCUT2D eigenvalue weighted by molar-refractivity contribution is -0.0496. The Bertz CT molecular complexity index is 533. The first-order chi connectivity index (χ1) is 8.43. The average molecular weight is 316 g/mol. The van der Waals surface area contributed by atoms with Crippen LogP contribution in [-0.2, 0) is 19.5 Å². The van der Waals surface area contributed by atoms with Gasteiger partial charge in [0.05, 0.1) is 0 Å². The summed E-state index contributed by atoms with van der Waals surface area (Å²) in [5.41, 5.74) is -3.63. The van der Waals surface area contributed by atoms with Crippen LogP contribution in [0.15, 0.2) is 24.3 Å². The van der Waals surface area contributed by atoms with Crippen LogP contribution in [0.25, 0.3) is 0 Å². The monoisotopic (exact) mass is 316 g/mol. The molecule has 0 unspecified atom stereocenters. The van der Waals surface area contributed by atoms with Gasteiger partial charge in [-0.05, 0) is 25.0 Å². The average Bonchev–Trinajstić information content (AvgIpc) is 2.17. The molecule has 110 valence electrons. The summed E-state index contributed by atoms with van der Waals surface area (Å²) >= 11 is 0. The van der Waals surface area contributed by atoms with Crippen LogP contribution in [-0.4, -0.2) is 26.4 Å². The van der Waals surface area contributed by atoms with Crippen molar-refractivity contribution >= 4 is 20.4 Å². The van der Waals surface area contributed by atoms with E-state index >= 15 is 0 Å². The molecule has 19 heavy (non-hydrogen) atoms. The number of hydrogen-bond donors (Lipinski definition) is 0. The number of halogens is 3. The van der Waals surface area contributed by atoms with Crippen molar-refractivity contribution in [1.29, 1.82) is 0 Å². The van der Waals surface area contributed by atoms with Crippen molar-refractivity contribution in [3.8, 4) is 0 Å². The zero-order chi connectivity index (χ0) is 14.9. The Morgan fingerprint density at radius 2 is 1.58 bits per heavy atom. The maximum absolute atomic E-state index is 12.3. The van der Waals surface area contributed by atoms with E-state index < -0.39 is 25.9 Å². The minimum absolute atomic E-state index is 0.141. The highest BCUT2D eigenvalue weighted by molar-refractivity contribution is 8.31. The molecule has 0 atom stereocenters. The van der Waals surface area contributed by atoms with Gasteiger partial charge in [0, 0.05) is 5.75 Å². The summed E-state index contributed by atoms with van der Waals surface area (Å²) in [7, 11) is -7.94. The molecule has 1 rings (SSSR count). The van der Waals surface area contributed by atoms with Gasteiger partial charge >= 0.3 is 15.6 Å². The number of benzene rings is 1. The molecule has 0 N–H and O–H groups in total. The van der Waals surface area contributed by atoms with Crippen LogP contribution in [0, 0.1) is 6.92 Å². The topological polar surface area (TPSA) is 43.4 Å². The molecule has 0 fully saturated rings. The molecule has 0 saturated carbocycles. The van der Waals surface area contributed by atoms with Crippen LogP contribution < -0.4 is 0 Å². The summed E-state index contributed by atoms with van der Waals surface area (Å²) in [6.07, 6.45) is 2.77. The van der Waals surface area contributed by atoms with E-state index in [4.69, 9.17) is 0 Å². The highest BCUT2D eigenvalue weighted by Gasteiger charge is 2.49. The molecule has 0 saturated heterocycles. The summed E-state index contributed by atoms with van der Waals surface area (Å²) in [5.74, 6) is 0.141. The van der Waals surface area contributed by atoms with E-state index in [0.29, 0.717) is 0 Å². The van der Waals surface area contributed by atoms with Crippen LogP contribution in [0.5, 0.6) is 0 Å². The number of aryl methyl sites for hydroxylation is 1. The predicted molar refractivity (Wildman–Crippen MR) is 70.4 cm³/mol. The van der Waals surface area contributed by atoms with Gasteiger partial charge < -0.3 is 0 Å². The van der Waals surface area contributed by atoms with Crippen molar-refractivity contribution in [3.05, 3.63) is 35.4 Å². The standard InChI is InChI=1S/C11H15F3O3S2/c1-9-4-6-10(7-5-9)8-18(2,3)17-19(15,16)11(12,13)14/h4-7H,8H2,1-3H3. The molecule has 3 nitrogen and oxygen atoms in total. The van der Waals surface area contributed by atoms with Crippen LogP contribution in [0.2, 0.25) is 0 Å². The summed E-state index contributed by atoms with van der Waals surface area (Å²) in [6, 6.07) is 7.10. The Balaban J connectivity index is 2.85. The van der Waals surface area contributed by atoms with Gasteiger partial charge in [0.15, 0.2) is 0 Å². The number of hydrogen-bond acceptors (Lipinski definition) is 3. The molecule has 0 aliphatic rings. The lowest BCUT2D eigenvalue weighted by Gasteiger charge is -2.30. The molecule has 8 heteroatoms. The van der Waals surface area contributed by atoms with Crippen LogP contribution in [0.4, 0.5) is 13.2 Å². The van der Waals surface area contributed by atoms with Gasteiger partial charge in [-0.3, -0.25) is 0 Å². The molecule has 0 radical (unpaired) electrons. The molecular weight excluding hydrogens is 301 g/mol. The van der Waals surface area contributed by atoms with Gasteiger partial charge in [-0.1, -0.05) is 29.8 Å². The Morgan fingerprint density at radius 3 is 2.00 bits per heavy atom. The van der Waals surface area contributed by atoms with Crippen molar-refractivity contribution in [1.82, 2.24) is 0 Å². The highest BCUT2D eigenvalue weighted by Crippen LogP contribution is 2.48. The molecule has 0 aromatic heterocycles. The second-order valence-corrected chi connectivity index (χ2v) is 9.61. The fourth-order valence-corrected chi connectivity index (χ4v) is 4.83. The molecule has 0 aliphatic heterocycles. The second-order valence-electron chi connectivity index (χ2n) is 4.53. The molecule has 1 aromatic rings. The van der Waals surface area contributed by atoms with Gasteiger partial charge in [-0.2, -0.15) is 21.6 Å². The smallest absolute Gasteiger partial charge is 0.213 e. The minimum atomic E-state index is -5.55. The summed E-state index contributed by atoms with van der Waals surface area (Å²) in [5, 5.41) is 0. The Kier molecular flexibility index (Phi) is 4.58. The normalized spacial score (nSPS) is 14.4.